The van der Waals surface area contributed by atoms with Crippen molar-refractivity contribution in [3.63, 3.8) is 0 Å². The van der Waals surface area contributed by atoms with Gasteiger partial charge in [0.2, 0.25) is 0 Å². The van der Waals surface area contributed by atoms with Crippen LogP contribution in [0.1, 0.15) is 11.1 Å². The minimum absolute atomic E-state index is 0.187. The maximum Gasteiger partial charge on any atom is 0.416 e. The Balaban J connectivity index is 3.52. The number of halogens is 3. The Morgan fingerprint density at radius 1 is 1.38 bits per heavy atom. The maximum atomic E-state index is 12.3. The van der Waals surface area contributed by atoms with Gasteiger partial charge < -0.3 is 0 Å². The van der Waals surface area contributed by atoms with E-state index < -0.39 is 28.0 Å². The molecule has 1 aromatic carbocycles. The minimum atomic E-state index is -4.75. The number of benzene rings is 1. The smallest absolute Gasteiger partial charge is 0.258 e. The molecule has 0 atom stereocenters. The Morgan fingerprint density at radius 2 is 1.94 bits per heavy atom. The van der Waals surface area contributed by atoms with Crippen molar-refractivity contribution in [1.29, 1.82) is 0 Å². The summed E-state index contributed by atoms with van der Waals surface area (Å²) in [5.74, 6) is 0. The van der Waals surface area contributed by atoms with E-state index in [0.29, 0.717) is 12.1 Å². The summed E-state index contributed by atoms with van der Waals surface area (Å²) in [5.41, 5.74) is -2.81. The molecular weight excluding hydrogens is 229 g/mol. The molecule has 0 saturated heterocycles. The second-order valence-electron chi connectivity index (χ2n) is 2.99. The first-order chi connectivity index (χ1) is 7.27. The molecule has 0 aliphatic rings. The van der Waals surface area contributed by atoms with Crippen LogP contribution < -0.4 is 0 Å². The van der Waals surface area contributed by atoms with Crippen LogP contribution in [-0.4, -0.2) is 4.92 Å². The van der Waals surface area contributed by atoms with E-state index in [9.17, 15) is 28.2 Å². The number of hydrogen-bond acceptors (Lipinski definition) is 4. The fourth-order valence-electron chi connectivity index (χ4n) is 1.13. The molecule has 0 unspecified atom stereocenters. The van der Waals surface area contributed by atoms with Gasteiger partial charge in [0, 0.05) is 6.07 Å². The number of nitro benzene ring substituents is 1. The second kappa shape index (κ2) is 3.87. The molecule has 1 rings (SSSR count). The molecule has 0 radical (unpaired) electrons. The van der Waals surface area contributed by atoms with E-state index in [1.165, 1.54) is 0 Å². The van der Waals surface area contributed by atoms with Crippen LogP contribution in [0.3, 0.4) is 0 Å². The van der Waals surface area contributed by atoms with E-state index >= 15 is 0 Å². The third kappa shape index (κ3) is 2.15. The van der Waals surface area contributed by atoms with E-state index in [2.05, 4.69) is 5.18 Å². The maximum absolute atomic E-state index is 12.3. The summed E-state index contributed by atoms with van der Waals surface area (Å²) < 4.78 is 36.9. The fraction of sp³-hybridized carbons (Fsp3) is 0.250. The van der Waals surface area contributed by atoms with Crippen molar-refractivity contribution in [2.24, 2.45) is 5.18 Å². The average Bonchev–Trinajstić information content (AvgIpc) is 2.15. The Morgan fingerprint density at radius 3 is 2.31 bits per heavy atom. The molecule has 0 heterocycles. The van der Waals surface area contributed by atoms with Crippen LogP contribution in [0.4, 0.5) is 24.5 Å². The lowest BCUT2D eigenvalue weighted by Crippen LogP contribution is -2.06. The van der Waals surface area contributed by atoms with Gasteiger partial charge in [-0.05, 0) is 18.2 Å². The lowest BCUT2D eigenvalue weighted by atomic mass is 10.1. The van der Waals surface area contributed by atoms with Crippen molar-refractivity contribution in [3.8, 4) is 0 Å². The summed E-state index contributed by atoms with van der Waals surface area (Å²) in [7, 11) is 0. The highest BCUT2D eigenvalue weighted by Crippen LogP contribution is 2.37. The van der Waals surface area contributed by atoms with Crippen molar-refractivity contribution in [1.82, 2.24) is 0 Å². The van der Waals surface area contributed by atoms with Crippen molar-refractivity contribution < 1.29 is 18.1 Å². The van der Waals surface area contributed by atoms with Crippen molar-refractivity contribution in [3.05, 3.63) is 38.3 Å². The van der Waals surface area contributed by atoms with E-state index in [1.54, 1.807) is 0 Å². The SMILES string of the molecule is Cc1c(N=O)cc(C(F)(F)F)cc1[N+](=O)[O-]. The summed E-state index contributed by atoms with van der Waals surface area (Å²) >= 11 is 0. The molecule has 0 aliphatic heterocycles. The Labute approximate surface area is 87.0 Å². The highest BCUT2D eigenvalue weighted by Gasteiger charge is 2.34. The molecule has 0 fully saturated rings. The number of alkyl halides is 3. The first-order valence-corrected chi connectivity index (χ1v) is 3.97. The van der Waals surface area contributed by atoms with Crippen LogP contribution in [0.15, 0.2) is 17.3 Å². The van der Waals surface area contributed by atoms with Gasteiger partial charge in [-0.2, -0.15) is 13.2 Å². The first kappa shape index (κ1) is 12.1. The molecule has 16 heavy (non-hydrogen) atoms. The van der Waals surface area contributed by atoms with Gasteiger partial charge in [0.1, 0.15) is 5.69 Å². The van der Waals surface area contributed by atoms with E-state index in [1.807, 2.05) is 0 Å². The standard InChI is InChI=1S/C8H5F3N2O3/c1-4-6(12-14)2-5(8(9,10)11)3-7(4)13(15)16/h2-3H,1H3. The van der Waals surface area contributed by atoms with Crippen LogP contribution in [0.2, 0.25) is 0 Å². The normalized spacial score (nSPS) is 11.2. The Kier molecular flexibility index (Phi) is 2.92. The van der Waals surface area contributed by atoms with Gasteiger partial charge in [0.25, 0.3) is 5.69 Å². The zero-order valence-corrected chi connectivity index (χ0v) is 7.91. The van der Waals surface area contributed by atoms with Crippen LogP contribution in [0.5, 0.6) is 0 Å². The topological polar surface area (TPSA) is 72.6 Å². The van der Waals surface area contributed by atoms with Gasteiger partial charge in [0.05, 0.1) is 16.1 Å². The number of nitroso groups, excluding NO2 is 1. The minimum Gasteiger partial charge on any atom is -0.258 e. The highest BCUT2D eigenvalue weighted by atomic mass is 19.4. The fourth-order valence-corrected chi connectivity index (χ4v) is 1.13. The van der Waals surface area contributed by atoms with Gasteiger partial charge in [-0.1, -0.05) is 0 Å². The number of nitro groups is 1. The number of nitrogens with zero attached hydrogens (tertiary/aromatic N) is 2. The van der Waals surface area contributed by atoms with Gasteiger partial charge >= 0.3 is 6.18 Å². The van der Waals surface area contributed by atoms with E-state index in [-0.39, 0.29) is 5.56 Å². The van der Waals surface area contributed by atoms with Gasteiger partial charge in [-0.25, -0.2) is 0 Å². The third-order valence-electron chi connectivity index (χ3n) is 1.98. The van der Waals surface area contributed by atoms with E-state index in [0.717, 1.165) is 6.92 Å². The molecule has 0 spiro atoms. The van der Waals surface area contributed by atoms with Crippen LogP contribution in [0.25, 0.3) is 0 Å². The summed E-state index contributed by atoms with van der Waals surface area (Å²) in [6, 6.07) is 0.860. The molecule has 0 amide bonds. The Bertz CT molecular complexity index is 457. The lowest BCUT2D eigenvalue weighted by molar-refractivity contribution is -0.385. The molecule has 0 aliphatic carbocycles. The predicted octanol–water partition coefficient (Wildman–Crippen LogP) is 3.32. The molecule has 0 N–H and O–H groups in total. The molecular formula is C8H5F3N2O3. The zero-order chi connectivity index (χ0) is 12.5. The molecule has 0 aromatic heterocycles. The Hall–Kier alpha value is -1.99. The summed E-state index contributed by atoms with van der Waals surface area (Å²) in [6.45, 7) is 1.16. The molecule has 1 aromatic rings. The van der Waals surface area contributed by atoms with Crippen LogP contribution in [0, 0.1) is 21.9 Å². The number of hydrogen-bond donors (Lipinski definition) is 0. The lowest BCUT2D eigenvalue weighted by Gasteiger charge is -2.08. The quantitative estimate of drug-likeness (QED) is 0.447. The highest BCUT2D eigenvalue weighted by molar-refractivity contribution is 5.59. The molecule has 0 bridgehead atoms. The average molecular weight is 234 g/mol. The van der Waals surface area contributed by atoms with Crippen molar-refractivity contribution in [2.75, 3.05) is 0 Å². The molecule has 0 saturated carbocycles. The largest absolute Gasteiger partial charge is 0.416 e. The van der Waals surface area contributed by atoms with Crippen molar-refractivity contribution >= 4 is 11.4 Å². The molecule has 8 heteroatoms. The van der Waals surface area contributed by atoms with Gasteiger partial charge in [0.15, 0.2) is 0 Å². The monoisotopic (exact) mass is 234 g/mol. The summed E-state index contributed by atoms with van der Waals surface area (Å²) in [6.07, 6.45) is -4.75. The summed E-state index contributed by atoms with van der Waals surface area (Å²) in [4.78, 5) is 19.7. The molecule has 5 nitrogen and oxygen atoms in total. The molecule has 86 valence electrons. The van der Waals surface area contributed by atoms with Gasteiger partial charge in [-0.15, -0.1) is 4.91 Å². The van der Waals surface area contributed by atoms with Crippen LogP contribution in [-0.2, 0) is 6.18 Å². The summed E-state index contributed by atoms with van der Waals surface area (Å²) in [5, 5.41) is 12.8. The second-order valence-corrected chi connectivity index (χ2v) is 2.99. The third-order valence-corrected chi connectivity index (χ3v) is 1.98. The predicted molar refractivity (Wildman–Crippen MR) is 48.3 cm³/mol. The van der Waals surface area contributed by atoms with Gasteiger partial charge in [-0.3, -0.25) is 10.1 Å². The number of rotatable bonds is 2. The van der Waals surface area contributed by atoms with Crippen molar-refractivity contribution in [2.45, 2.75) is 13.1 Å². The zero-order valence-electron chi connectivity index (χ0n) is 7.91. The van der Waals surface area contributed by atoms with Crippen LogP contribution >= 0.6 is 0 Å². The first-order valence-electron chi connectivity index (χ1n) is 3.97. The van der Waals surface area contributed by atoms with E-state index in [4.69, 9.17) is 0 Å².